The molecule has 5 nitrogen and oxygen atoms in total. The monoisotopic (exact) mass is 329 g/mol. The summed E-state index contributed by atoms with van der Waals surface area (Å²) in [7, 11) is 0. The Morgan fingerprint density at radius 1 is 1.10 bits per heavy atom. The van der Waals surface area contributed by atoms with Crippen LogP contribution in [0.5, 0.6) is 0 Å². The first-order valence-corrected chi connectivity index (χ1v) is 6.83. The highest BCUT2D eigenvalue weighted by molar-refractivity contribution is 9.10. The van der Waals surface area contributed by atoms with E-state index in [1.807, 2.05) is 43.3 Å². The van der Waals surface area contributed by atoms with Gasteiger partial charge in [0, 0.05) is 27.9 Å². The Morgan fingerprint density at radius 3 is 2.55 bits per heavy atom. The molecule has 0 saturated heterocycles. The molecule has 100 valence electrons. The van der Waals surface area contributed by atoms with Crippen LogP contribution in [0.4, 0.5) is 5.82 Å². The molecule has 0 aliphatic carbocycles. The fourth-order valence-corrected chi connectivity index (χ4v) is 2.16. The van der Waals surface area contributed by atoms with Crippen molar-refractivity contribution in [2.45, 2.75) is 6.92 Å². The van der Waals surface area contributed by atoms with Crippen LogP contribution in [0.2, 0.25) is 0 Å². The molecular formula is C14H12BrN5. The van der Waals surface area contributed by atoms with Crippen molar-refractivity contribution in [1.29, 1.82) is 0 Å². The van der Waals surface area contributed by atoms with Crippen LogP contribution in [0, 0.1) is 6.92 Å². The van der Waals surface area contributed by atoms with Gasteiger partial charge >= 0.3 is 0 Å². The molecule has 0 aliphatic rings. The Hall–Kier alpha value is -2.21. The van der Waals surface area contributed by atoms with Crippen LogP contribution in [-0.2, 0) is 0 Å². The lowest BCUT2D eigenvalue weighted by atomic mass is 10.2. The Kier molecular flexibility index (Phi) is 3.23. The van der Waals surface area contributed by atoms with E-state index in [1.54, 1.807) is 4.68 Å². The minimum absolute atomic E-state index is 0.543. The molecule has 6 heteroatoms. The van der Waals surface area contributed by atoms with Gasteiger partial charge in [0.25, 0.3) is 0 Å². The lowest BCUT2D eigenvalue weighted by Gasteiger charge is -2.02. The number of hydrogen-bond acceptors (Lipinski definition) is 4. The summed E-state index contributed by atoms with van der Waals surface area (Å²) < 4.78 is 2.64. The normalized spacial score (nSPS) is 10.7. The molecular weight excluding hydrogens is 318 g/mol. The zero-order valence-corrected chi connectivity index (χ0v) is 12.4. The van der Waals surface area contributed by atoms with Gasteiger partial charge in [-0.2, -0.15) is 9.78 Å². The fraction of sp³-hybridized carbons (Fsp3) is 0.0714. The number of anilines is 1. The van der Waals surface area contributed by atoms with Crippen molar-refractivity contribution in [2.24, 2.45) is 0 Å². The lowest BCUT2D eigenvalue weighted by Crippen LogP contribution is -2.04. The topological polar surface area (TPSA) is 69.6 Å². The zero-order valence-electron chi connectivity index (χ0n) is 10.8. The average Bonchev–Trinajstić information content (AvgIpc) is 2.82. The molecule has 0 bridgehead atoms. The average molecular weight is 330 g/mol. The van der Waals surface area contributed by atoms with Gasteiger partial charge in [-0.05, 0) is 19.1 Å². The number of aryl methyl sites for hydroxylation is 1. The standard InChI is InChI=1S/C14H12BrN5/c1-9-6-14(18-8-17-9)20-13(16)7-12(19-20)10-2-4-11(15)5-3-10/h2-8H,16H2,1H3. The molecule has 0 unspecified atom stereocenters. The van der Waals surface area contributed by atoms with Crippen LogP contribution in [0.3, 0.4) is 0 Å². The molecule has 0 aliphatic heterocycles. The minimum Gasteiger partial charge on any atom is -0.384 e. The molecule has 0 amide bonds. The van der Waals surface area contributed by atoms with E-state index < -0.39 is 0 Å². The van der Waals surface area contributed by atoms with Gasteiger partial charge in [-0.3, -0.25) is 0 Å². The molecule has 0 saturated carbocycles. The van der Waals surface area contributed by atoms with Crippen molar-refractivity contribution < 1.29 is 0 Å². The predicted molar refractivity (Wildman–Crippen MR) is 81.4 cm³/mol. The highest BCUT2D eigenvalue weighted by atomic mass is 79.9. The lowest BCUT2D eigenvalue weighted by molar-refractivity contribution is 0.847. The molecule has 0 radical (unpaired) electrons. The summed E-state index contributed by atoms with van der Waals surface area (Å²) in [5.41, 5.74) is 8.71. The first-order chi connectivity index (χ1) is 9.63. The molecule has 0 atom stereocenters. The second-order valence-corrected chi connectivity index (χ2v) is 5.31. The highest BCUT2D eigenvalue weighted by Crippen LogP contribution is 2.23. The van der Waals surface area contributed by atoms with E-state index in [4.69, 9.17) is 5.73 Å². The summed E-state index contributed by atoms with van der Waals surface area (Å²) in [5, 5.41) is 4.51. The summed E-state index contributed by atoms with van der Waals surface area (Å²) in [4.78, 5) is 8.27. The zero-order chi connectivity index (χ0) is 14.1. The number of nitrogens with two attached hydrogens (primary N) is 1. The van der Waals surface area contributed by atoms with Crippen LogP contribution in [0.15, 0.2) is 47.2 Å². The van der Waals surface area contributed by atoms with E-state index in [1.165, 1.54) is 6.33 Å². The number of benzene rings is 1. The summed E-state index contributed by atoms with van der Waals surface area (Å²) in [6.07, 6.45) is 1.51. The summed E-state index contributed by atoms with van der Waals surface area (Å²) in [6, 6.07) is 11.6. The van der Waals surface area contributed by atoms with Gasteiger partial charge in [-0.1, -0.05) is 28.1 Å². The Balaban J connectivity index is 2.05. The van der Waals surface area contributed by atoms with Crippen molar-refractivity contribution in [3.8, 4) is 17.1 Å². The van der Waals surface area contributed by atoms with Gasteiger partial charge in [0.1, 0.15) is 12.1 Å². The maximum atomic E-state index is 6.02. The van der Waals surface area contributed by atoms with Crippen molar-refractivity contribution in [1.82, 2.24) is 19.7 Å². The quantitative estimate of drug-likeness (QED) is 0.784. The first kappa shape index (κ1) is 12.8. The van der Waals surface area contributed by atoms with E-state index in [2.05, 4.69) is 31.0 Å². The third-order valence-corrected chi connectivity index (χ3v) is 3.41. The molecule has 2 N–H and O–H groups in total. The number of hydrogen-bond donors (Lipinski definition) is 1. The molecule has 20 heavy (non-hydrogen) atoms. The second-order valence-electron chi connectivity index (χ2n) is 4.39. The maximum absolute atomic E-state index is 6.02. The number of nitrogen functional groups attached to an aromatic ring is 1. The SMILES string of the molecule is Cc1cc(-n2nc(-c3ccc(Br)cc3)cc2N)ncn1. The Labute approximate surface area is 124 Å². The van der Waals surface area contributed by atoms with E-state index in [0.29, 0.717) is 11.6 Å². The summed E-state index contributed by atoms with van der Waals surface area (Å²) >= 11 is 3.42. The third-order valence-electron chi connectivity index (χ3n) is 2.88. The molecule has 0 spiro atoms. The number of nitrogens with zero attached hydrogens (tertiary/aromatic N) is 4. The fourth-order valence-electron chi connectivity index (χ4n) is 1.90. The second kappa shape index (κ2) is 5.05. The third kappa shape index (κ3) is 2.42. The predicted octanol–water partition coefficient (Wildman–Crippen LogP) is 2.98. The van der Waals surface area contributed by atoms with Crippen LogP contribution < -0.4 is 5.73 Å². The maximum Gasteiger partial charge on any atom is 0.159 e. The van der Waals surface area contributed by atoms with Crippen molar-refractivity contribution >= 4 is 21.7 Å². The molecule has 2 aromatic heterocycles. The van der Waals surface area contributed by atoms with E-state index in [9.17, 15) is 0 Å². The molecule has 3 aromatic rings. The van der Waals surface area contributed by atoms with Gasteiger partial charge in [-0.15, -0.1) is 0 Å². The van der Waals surface area contributed by atoms with Gasteiger partial charge in [-0.25, -0.2) is 9.97 Å². The van der Waals surface area contributed by atoms with Crippen LogP contribution in [0.1, 0.15) is 5.69 Å². The minimum atomic E-state index is 0.543. The highest BCUT2D eigenvalue weighted by Gasteiger charge is 2.10. The smallest absolute Gasteiger partial charge is 0.159 e. The van der Waals surface area contributed by atoms with Crippen LogP contribution in [-0.4, -0.2) is 19.7 Å². The van der Waals surface area contributed by atoms with Crippen LogP contribution >= 0.6 is 15.9 Å². The first-order valence-electron chi connectivity index (χ1n) is 6.04. The van der Waals surface area contributed by atoms with Crippen molar-refractivity contribution in [2.75, 3.05) is 5.73 Å². The Morgan fingerprint density at radius 2 is 1.85 bits per heavy atom. The molecule has 2 heterocycles. The van der Waals surface area contributed by atoms with E-state index >= 15 is 0 Å². The van der Waals surface area contributed by atoms with Gasteiger partial charge in [0.2, 0.25) is 0 Å². The number of rotatable bonds is 2. The molecule has 1 aromatic carbocycles. The van der Waals surface area contributed by atoms with E-state index in [0.717, 1.165) is 21.4 Å². The van der Waals surface area contributed by atoms with Gasteiger partial charge < -0.3 is 5.73 Å². The molecule has 0 fully saturated rings. The van der Waals surface area contributed by atoms with Gasteiger partial charge in [0.05, 0.1) is 5.69 Å². The molecule has 3 rings (SSSR count). The van der Waals surface area contributed by atoms with Crippen LogP contribution in [0.25, 0.3) is 17.1 Å². The van der Waals surface area contributed by atoms with Crippen molar-refractivity contribution in [3.05, 3.63) is 52.9 Å². The summed E-state index contributed by atoms with van der Waals surface area (Å²) in [6.45, 7) is 1.90. The van der Waals surface area contributed by atoms with Gasteiger partial charge in [0.15, 0.2) is 5.82 Å². The van der Waals surface area contributed by atoms with Crippen molar-refractivity contribution in [3.63, 3.8) is 0 Å². The van der Waals surface area contributed by atoms with E-state index in [-0.39, 0.29) is 0 Å². The summed E-state index contributed by atoms with van der Waals surface area (Å²) in [5.74, 6) is 1.21. The number of halogens is 1. The number of aromatic nitrogens is 4. The largest absolute Gasteiger partial charge is 0.384 e. The Bertz CT molecular complexity index is 749.